The number of carbonyl (C=O) groups excluding carboxylic acids is 1. The standard InChI is InChI=1S/C24H27ClN8O5/c1-3-32(2)31-19-20(25)30-24(38-17-9-15(23(36)37)8-16(26)10-17)33(22(19)35)12-18(34)29-11-13-4-6-14(7-5-13)21(27)28/h4-10,31H,3,11-12,26H2,1-2H3,(H3,27,28)(H,29,34)(H,36,37). The number of halogens is 1. The zero-order valence-electron chi connectivity index (χ0n) is 20.6. The minimum absolute atomic E-state index is 0.0172. The topological polar surface area (TPSA) is 202 Å². The summed E-state index contributed by atoms with van der Waals surface area (Å²) in [6.45, 7) is 2.03. The summed E-state index contributed by atoms with van der Waals surface area (Å²) in [7, 11) is 1.69. The zero-order chi connectivity index (χ0) is 28.0. The second-order valence-electron chi connectivity index (χ2n) is 8.16. The number of aromatic nitrogens is 2. The van der Waals surface area contributed by atoms with Crippen LogP contribution in [0.2, 0.25) is 5.15 Å². The van der Waals surface area contributed by atoms with Crippen LogP contribution in [0.3, 0.4) is 0 Å². The second-order valence-corrected chi connectivity index (χ2v) is 8.52. The van der Waals surface area contributed by atoms with Crippen LogP contribution in [0.15, 0.2) is 47.3 Å². The van der Waals surface area contributed by atoms with Crippen molar-refractivity contribution in [2.75, 3.05) is 24.8 Å². The highest BCUT2D eigenvalue weighted by atomic mass is 35.5. The van der Waals surface area contributed by atoms with Gasteiger partial charge in [-0.2, -0.15) is 4.98 Å². The average molecular weight is 543 g/mol. The molecule has 38 heavy (non-hydrogen) atoms. The third-order valence-corrected chi connectivity index (χ3v) is 5.58. The van der Waals surface area contributed by atoms with E-state index in [0.29, 0.717) is 12.1 Å². The van der Waals surface area contributed by atoms with Crippen molar-refractivity contribution >= 4 is 40.7 Å². The summed E-state index contributed by atoms with van der Waals surface area (Å²) in [5.41, 5.74) is 14.6. The SMILES string of the molecule is CCN(C)Nc1c(Cl)nc(Oc2cc(N)cc(C(=O)O)c2)n(CC(=O)NCc2ccc(C(=N)N)cc2)c1=O. The van der Waals surface area contributed by atoms with E-state index in [0.717, 1.165) is 10.1 Å². The first-order valence-electron chi connectivity index (χ1n) is 11.3. The molecule has 0 unspecified atom stereocenters. The maximum atomic E-state index is 13.3. The summed E-state index contributed by atoms with van der Waals surface area (Å²) in [5.74, 6) is -1.86. The van der Waals surface area contributed by atoms with Gasteiger partial charge >= 0.3 is 12.0 Å². The number of hydrazine groups is 1. The molecule has 13 nitrogen and oxygen atoms in total. The molecule has 0 saturated heterocycles. The maximum absolute atomic E-state index is 13.3. The van der Waals surface area contributed by atoms with Crippen molar-refractivity contribution in [1.82, 2.24) is 19.9 Å². The minimum atomic E-state index is -1.23. The molecular weight excluding hydrogens is 516 g/mol. The van der Waals surface area contributed by atoms with Gasteiger partial charge < -0.3 is 32.1 Å². The molecule has 0 fully saturated rings. The molecule has 0 aliphatic carbocycles. The van der Waals surface area contributed by atoms with Gasteiger partial charge in [0.15, 0.2) is 10.8 Å². The molecule has 0 saturated carbocycles. The van der Waals surface area contributed by atoms with Gasteiger partial charge in [0.1, 0.15) is 18.1 Å². The number of carbonyl (C=O) groups is 2. The first-order chi connectivity index (χ1) is 18.0. The van der Waals surface area contributed by atoms with Crippen LogP contribution >= 0.6 is 11.6 Å². The van der Waals surface area contributed by atoms with E-state index in [1.54, 1.807) is 36.3 Å². The number of anilines is 2. The molecule has 14 heteroatoms. The van der Waals surface area contributed by atoms with Crippen LogP contribution in [0.5, 0.6) is 11.8 Å². The molecule has 0 radical (unpaired) electrons. The molecule has 8 N–H and O–H groups in total. The van der Waals surface area contributed by atoms with Gasteiger partial charge in [-0.05, 0) is 17.7 Å². The molecule has 0 spiro atoms. The number of aromatic carboxylic acids is 1. The fraction of sp³-hybridized carbons (Fsp3) is 0.208. The number of ether oxygens (including phenoxy) is 1. The van der Waals surface area contributed by atoms with Gasteiger partial charge in [-0.3, -0.25) is 19.6 Å². The highest BCUT2D eigenvalue weighted by Crippen LogP contribution is 2.26. The van der Waals surface area contributed by atoms with E-state index in [9.17, 15) is 19.5 Å². The summed E-state index contributed by atoms with van der Waals surface area (Å²) in [4.78, 5) is 41.7. The average Bonchev–Trinajstić information content (AvgIpc) is 2.87. The van der Waals surface area contributed by atoms with Crippen LogP contribution in [0.1, 0.15) is 28.4 Å². The minimum Gasteiger partial charge on any atom is -0.478 e. The predicted octanol–water partition coefficient (Wildman–Crippen LogP) is 1.85. The smallest absolute Gasteiger partial charge is 0.335 e. The van der Waals surface area contributed by atoms with Gasteiger partial charge in [0.2, 0.25) is 5.91 Å². The number of hydrogen-bond acceptors (Lipinski definition) is 9. The fourth-order valence-electron chi connectivity index (χ4n) is 3.20. The summed E-state index contributed by atoms with van der Waals surface area (Å²) < 4.78 is 6.67. The molecule has 0 bridgehead atoms. The van der Waals surface area contributed by atoms with Gasteiger partial charge in [-0.15, -0.1) is 0 Å². The molecule has 1 amide bonds. The Labute approximate surface area is 222 Å². The maximum Gasteiger partial charge on any atom is 0.335 e. The summed E-state index contributed by atoms with van der Waals surface area (Å²) in [6.07, 6.45) is 0. The number of amides is 1. The number of benzene rings is 2. The summed E-state index contributed by atoms with van der Waals surface area (Å²) in [6, 6.07) is 10.2. The molecule has 1 heterocycles. The Bertz CT molecular complexity index is 1420. The Morgan fingerprint density at radius 2 is 1.89 bits per heavy atom. The van der Waals surface area contributed by atoms with Gasteiger partial charge in [-0.1, -0.05) is 42.8 Å². The monoisotopic (exact) mass is 542 g/mol. The molecule has 0 aliphatic heterocycles. The Hall–Kier alpha value is -4.62. The largest absolute Gasteiger partial charge is 0.478 e. The number of nitrogen functional groups attached to an aromatic ring is 2. The number of hydrogen-bond donors (Lipinski definition) is 6. The number of amidine groups is 1. The second kappa shape index (κ2) is 12.1. The molecule has 1 aromatic heterocycles. The van der Waals surface area contributed by atoms with E-state index >= 15 is 0 Å². The van der Waals surface area contributed by atoms with Gasteiger partial charge in [-0.25, -0.2) is 9.80 Å². The molecule has 0 atom stereocenters. The summed E-state index contributed by atoms with van der Waals surface area (Å²) in [5, 5.41) is 20.9. The van der Waals surface area contributed by atoms with Gasteiger partial charge in [0.25, 0.3) is 5.56 Å². The van der Waals surface area contributed by atoms with Crippen molar-refractivity contribution in [3.05, 3.63) is 74.7 Å². The third-order valence-electron chi connectivity index (χ3n) is 5.31. The number of nitrogens with one attached hydrogen (secondary N) is 3. The summed E-state index contributed by atoms with van der Waals surface area (Å²) >= 11 is 6.26. The highest BCUT2D eigenvalue weighted by molar-refractivity contribution is 6.31. The molecule has 3 rings (SSSR count). The molecule has 200 valence electrons. The molecule has 0 aliphatic rings. The van der Waals surface area contributed by atoms with Crippen molar-refractivity contribution in [3.63, 3.8) is 0 Å². The third kappa shape index (κ3) is 6.99. The zero-order valence-corrected chi connectivity index (χ0v) is 21.4. The first kappa shape index (κ1) is 28.0. The Morgan fingerprint density at radius 1 is 1.21 bits per heavy atom. The van der Waals surface area contributed by atoms with Crippen LogP contribution in [0.4, 0.5) is 11.4 Å². The fourth-order valence-corrected chi connectivity index (χ4v) is 3.40. The highest BCUT2D eigenvalue weighted by Gasteiger charge is 2.21. The van der Waals surface area contributed by atoms with E-state index in [4.69, 9.17) is 33.2 Å². The van der Waals surface area contributed by atoms with Crippen molar-refractivity contribution in [3.8, 4) is 11.8 Å². The quantitative estimate of drug-likeness (QED) is 0.0682. The van der Waals surface area contributed by atoms with Crippen LogP contribution in [0.25, 0.3) is 0 Å². The van der Waals surface area contributed by atoms with E-state index in [2.05, 4.69) is 15.7 Å². The van der Waals surface area contributed by atoms with Crippen molar-refractivity contribution < 1.29 is 19.4 Å². The normalized spacial score (nSPS) is 10.7. The van der Waals surface area contributed by atoms with E-state index in [1.807, 2.05) is 6.92 Å². The van der Waals surface area contributed by atoms with Crippen molar-refractivity contribution in [2.24, 2.45) is 5.73 Å². The molecular formula is C24H27ClN8O5. The number of carboxylic acids is 1. The lowest BCUT2D eigenvalue weighted by Gasteiger charge is -2.20. The van der Waals surface area contributed by atoms with Gasteiger partial charge in [0.05, 0.1) is 5.56 Å². The number of nitrogens with two attached hydrogens (primary N) is 2. The Morgan fingerprint density at radius 3 is 2.50 bits per heavy atom. The van der Waals surface area contributed by atoms with E-state index < -0.39 is 24.0 Å². The van der Waals surface area contributed by atoms with Crippen molar-refractivity contribution in [2.45, 2.75) is 20.0 Å². The predicted molar refractivity (Wildman–Crippen MR) is 143 cm³/mol. The van der Waals surface area contributed by atoms with Crippen LogP contribution in [-0.4, -0.2) is 51.0 Å². The number of carboxylic acid groups (broad SMARTS) is 1. The van der Waals surface area contributed by atoms with E-state index in [1.165, 1.54) is 18.2 Å². The lowest BCUT2D eigenvalue weighted by atomic mass is 10.1. The first-order valence-corrected chi connectivity index (χ1v) is 11.7. The molecule has 3 aromatic rings. The number of nitrogens with zero attached hydrogens (tertiary/aromatic N) is 3. The van der Waals surface area contributed by atoms with Crippen molar-refractivity contribution in [1.29, 1.82) is 5.41 Å². The van der Waals surface area contributed by atoms with Gasteiger partial charge in [0, 0.05) is 37.5 Å². The van der Waals surface area contributed by atoms with E-state index in [-0.39, 0.29) is 46.2 Å². The Kier molecular flexibility index (Phi) is 8.89. The lowest BCUT2D eigenvalue weighted by Crippen LogP contribution is -2.36. The Balaban J connectivity index is 1.92. The van der Waals surface area contributed by atoms with Crippen LogP contribution < -0.4 is 32.5 Å². The van der Waals surface area contributed by atoms with Crippen LogP contribution in [-0.2, 0) is 17.9 Å². The lowest BCUT2D eigenvalue weighted by molar-refractivity contribution is -0.122. The van der Waals surface area contributed by atoms with Crippen LogP contribution in [0, 0.1) is 5.41 Å². The molecule has 2 aromatic carbocycles. The number of rotatable bonds is 11.